The quantitative estimate of drug-likeness (QED) is 0.467. The van der Waals surface area contributed by atoms with Crippen LogP contribution in [0.1, 0.15) is 0 Å². The van der Waals surface area contributed by atoms with Gasteiger partial charge in [0.25, 0.3) is 0 Å². The van der Waals surface area contributed by atoms with Gasteiger partial charge in [-0.05, 0) is 36.4 Å². The number of nitrogens with zero attached hydrogens (tertiary/aromatic N) is 3. The first-order valence-electron chi connectivity index (χ1n) is 7.93. The lowest BCUT2D eigenvalue weighted by Gasteiger charge is -2.08. The number of nitrogens with one attached hydrogen (secondary N) is 2. The average Bonchev–Trinajstić information content (AvgIpc) is 3.04. The number of pyridine rings is 2. The summed E-state index contributed by atoms with van der Waals surface area (Å²) >= 11 is 0. The van der Waals surface area contributed by atoms with E-state index in [-0.39, 0.29) is 11.4 Å². The van der Waals surface area contributed by atoms with Crippen LogP contribution in [0.4, 0.5) is 20.3 Å². The molecule has 0 saturated carbocycles. The second-order valence-corrected chi connectivity index (χ2v) is 5.88. The number of aromatic amines is 1. The molecule has 0 radical (unpaired) electrons. The molecule has 0 atom stereocenters. The van der Waals surface area contributed by atoms with Gasteiger partial charge in [-0.2, -0.15) is 0 Å². The van der Waals surface area contributed by atoms with Gasteiger partial charge in [0.2, 0.25) is 0 Å². The zero-order valence-electron chi connectivity index (χ0n) is 13.3. The van der Waals surface area contributed by atoms with Crippen molar-refractivity contribution in [3.63, 3.8) is 0 Å². The summed E-state index contributed by atoms with van der Waals surface area (Å²) in [6.45, 7) is 0. The maximum Gasteiger partial charge on any atom is 0.141 e. The third kappa shape index (κ3) is 2.17. The summed E-state index contributed by atoms with van der Waals surface area (Å²) in [5.41, 5.74) is 3.72. The van der Waals surface area contributed by atoms with E-state index >= 15 is 0 Å². The van der Waals surface area contributed by atoms with Gasteiger partial charge in [-0.15, -0.1) is 0 Å². The first kappa shape index (κ1) is 14.7. The number of anilines is 2. The Morgan fingerprint density at radius 3 is 2.77 bits per heavy atom. The fourth-order valence-electron chi connectivity index (χ4n) is 3.11. The number of aromatic nitrogens is 4. The van der Waals surface area contributed by atoms with Gasteiger partial charge in [0, 0.05) is 23.5 Å². The summed E-state index contributed by atoms with van der Waals surface area (Å²) in [5.74, 6) is -0.194. The molecule has 2 N–H and O–H groups in total. The van der Waals surface area contributed by atoms with Crippen molar-refractivity contribution in [2.45, 2.75) is 0 Å². The van der Waals surface area contributed by atoms with Crippen molar-refractivity contribution in [1.82, 2.24) is 19.9 Å². The number of fused-ring (bicyclic) bond motifs is 5. The Hall–Kier alpha value is -3.61. The lowest BCUT2D eigenvalue weighted by Crippen LogP contribution is -1.96. The van der Waals surface area contributed by atoms with Crippen LogP contribution in [0.3, 0.4) is 0 Å². The molecule has 5 rings (SSSR count). The number of hydrogen-bond donors (Lipinski definition) is 2. The highest BCUT2D eigenvalue weighted by atomic mass is 19.1. The van der Waals surface area contributed by atoms with Crippen molar-refractivity contribution >= 4 is 11.5 Å². The molecule has 0 amide bonds. The summed E-state index contributed by atoms with van der Waals surface area (Å²) in [6.07, 6.45) is 5.02. The molecule has 1 aromatic carbocycles. The normalized spacial score (nSPS) is 11.8. The molecular weight excluding hydrogens is 336 g/mol. The van der Waals surface area contributed by atoms with Gasteiger partial charge in [0.05, 0.1) is 23.1 Å². The lowest BCUT2D eigenvalue weighted by molar-refractivity contribution is 0.602. The van der Waals surface area contributed by atoms with E-state index in [0.717, 1.165) is 35.0 Å². The molecule has 4 aromatic rings. The third-order valence-corrected chi connectivity index (χ3v) is 4.29. The van der Waals surface area contributed by atoms with Crippen molar-refractivity contribution in [3.8, 4) is 33.9 Å². The van der Waals surface area contributed by atoms with Crippen LogP contribution in [-0.2, 0) is 0 Å². The predicted molar refractivity (Wildman–Crippen MR) is 93.7 cm³/mol. The number of imidazole rings is 1. The van der Waals surface area contributed by atoms with E-state index in [4.69, 9.17) is 0 Å². The van der Waals surface area contributed by atoms with Crippen molar-refractivity contribution in [1.29, 1.82) is 0 Å². The lowest BCUT2D eigenvalue weighted by atomic mass is 10.1. The Bertz CT molecular complexity index is 1090. The Balaban J connectivity index is 1.82. The van der Waals surface area contributed by atoms with E-state index in [1.54, 1.807) is 24.7 Å². The van der Waals surface area contributed by atoms with E-state index < -0.39 is 11.6 Å². The van der Waals surface area contributed by atoms with Crippen molar-refractivity contribution < 1.29 is 8.78 Å². The maximum atomic E-state index is 14.2. The third-order valence-electron chi connectivity index (χ3n) is 4.29. The van der Waals surface area contributed by atoms with Crippen molar-refractivity contribution in [2.24, 2.45) is 0 Å². The molecular formula is C19H11F2N5. The van der Waals surface area contributed by atoms with Gasteiger partial charge in [-0.3, -0.25) is 4.98 Å². The molecule has 3 aromatic heterocycles. The zero-order chi connectivity index (χ0) is 17.7. The molecule has 26 heavy (non-hydrogen) atoms. The number of H-pyrrole nitrogens is 1. The largest absolute Gasteiger partial charge is 0.338 e. The Morgan fingerprint density at radius 1 is 0.923 bits per heavy atom. The highest BCUT2D eigenvalue weighted by molar-refractivity contribution is 5.95. The second kappa shape index (κ2) is 5.45. The van der Waals surface area contributed by atoms with Gasteiger partial charge < -0.3 is 10.3 Å². The molecule has 0 aliphatic carbocycles. The van der Waals surface area contributed by atoms with Gasteiger partial charge in [0.15, 0.2) is 0 Å². The van der Waals surface area contributed by atoms with Gasteiger partial charge in [0.1, 0.15) is 29.0 Å². The number of hydrogen-bond acceptors (Lipinski definition) is 4. The summed E-state index contributed by atoms with van der Waals surface area (Å²) in [5, 5.41) is 3.25. The number of benzene rings is 1. The van der Waals surface area contributed by atoms with Crippen LogP contribution < -0.4 is 5.32 Å². The summed E-state index contributed by atoms with van der Waals surface area (Å²) in [4.78, 5) is 16.2. The fourth-order valence-corrected chi connectivity index (χ4v) is 3.11. The topological polar surface area (TPSA) is 66.5 Å². The minimum Gasteiger partial charge on any atom is -0.338 e. The molecule has 0 bridgehead atoms. The molecule has 7 heteroatoms. The molecule has 1 aliphatic heterocycles. The fraction of sp³-hybridized carbons (Fsp3) is 0. The molecule has 5 nitrogen and oxygen atoms in total. The molecule has 0 unspecified atom stereocenters. The first-order valence-corrected chi connectivity index (χ1v) is 7.93. The Labute approximate surface area is 146 Å². The van der Waals surface area contributed by atoms with Crippen LogP contribution in [0.15, 0.2) is 55.0 Å². The minimum atomic E-state index is -0.546. The average molecular weight is 347 g/mol. The molecule has 126 valence electrons. The Kier molecular flexibility index (Phi) is 3.08. The van der Waals surface area contributed by atoms with E-state index in [1.807, 2.05) is 12.1 Å². The van der Waals surface area contributed by atoms with Crippen LogP contribution in [0, 0.1) is 11.6 Å². The Morgan fingerprint density at radius 2 is 1.85 bits per heavy atom. The summed E-state index contributed by atoms with van der Waals surface area (Å²) < 4.78 is 27.9. The monoisotopic (exact) mass is 347 g/mol. The molecule has 0 spiro atoms. The van der Waals surface area contributed by atoms with Crippen molar-refractivity contribution in [3.05, 3.63) is 66.6 Å². The van der Waals surface area contributed by atoms with Crippen LogP contribution in [0.5, 0.6) is 0 Å². The van der Waals surface area contributed by atoms with Crippen LogP contribution in [0.25, 0.3) is 33.9 Å². The van der Waals surface area contributed by atoms with Crippen LogP contribution >= 0.6 is 0 Å². The van der Waals surface area contributed by atoms with Gasteiger partial charge in [-0.25, -0.2) is 18.7 Å². The highest BCUT2D eigenvalue weighted by Crippen LogP contribution is 2.42. The van der Waals surface area contributed by atoms with Crippen LogP contribution in [-0.4, -0.2) is 19.9 Å². The predicted octanol–water partition coefficient (Wildman–Crippen LogP) is 4.54. The zero-order valence-corrected chi connectivity index (χ0v) is 13.3. The van der Waals surface area contributed by atoms with E-state index in [2.05, 4.69) is 25.3 Å². The molecule has 0 saturated heterocycles. The number of halogens is 2. The standard InChI is InChI=1S/C19H11F2N5/c20-10-3-4-14(21)13(8-10)19-25-16-11-5-7-22-9-15(11)24-18-12(17(16)26-19)2-1-6-23-18/h1-9H,(H,23,24)(H,25,26). The van der Waals surface area contributed by atoms with E-state index in [9.17, 15) is 8.78 Å². The number of rotatable bonds is 1. The molecule has 1 aliphatic rings. The minimum absolute atomic E-state index is 0.0760. The summed E-state index contributed by atoms with van der Waals surface area (Å²) in [7, 11) is 0. The van der Waals surface area contributed by atoms with Gasteiger partial charge in [-0.1, -0.05) is 0 Å². The SMILES string of the molecule is Fc1ccc(F)c(-c2nc3c([nH]2)-c2ccncc2Nc2ncccc2-3)c1. The van der Waals surface area contributed by atoms with Crippen molar-refractivity contribution in [2.75, 3.05) is 5.32 Å². The maximum absolute atomic E-state index is 14.2. The van der Waals surface area contributed by atoms with E-state index in [1.165, 1.54) is 0 Å². The molecule has 4 heterocycles. The van der Waals surface area contributed by atoms with E-state index in [0.29, 0.717) is 17.2 Å². The summed E-state index contributed by atoms with van der Waals surface area (Å²) in [6, 6.07) is 8.81. The first-order chi connectivity index (χ1) is 12.7. The smallest absolute Gasteiger partial charge is 0.141 e. The molecule has 0 fully saturated rings. The highest BCUT2D eigenvalue weighted by Gasteiger charge is 2.24. The second-order valence-electron chi connectivity index (χ2n) is 5.88. The van der Waals surface area contributed by atoms with Gasteiger partial charge >= 0.3 is 0 Å². The van der Waals surface area contributed by atoms with Crippen LogP contribution in [0.2, 0.25) is 0 Å².